The third kappa shape index (κ3) is 6.79. The number of piperidine rings is 1. The average molecular weight is 585 g/mol. The monoisotopic (exact) mass is 584 g/mol. The van der Waals surface area contributed by atoms with Crippen LogP contribution in [0.4, 0.5) is 22.0 Å². The van der Waals surface area contributed by atoms with Crippen molar-refractivity contribution < 1.29 is 14.3 Å². The quantitative estimate of drug-likeness (QED) is 0.404. The van der Waals surface area contributed by atoms with E-state index in [0.29, 0.717) is 42.0 Å². The molecule has 0 spiro atoms. The lowest BCUT2D eigenvalue weighted by Gasteiger charge is -2.35. The molecule has 1 aromatic heterocycles. The number of urea groups is 1. The summed E-state index contributed by atoms with van der Waals surface area (Å²) >= 11 is 0. The van der Waals surface area contributed by atoms with E-state index >= 15 is 0 Å². The first-order valence-electron chi connectivity index (χ1n) is 15.1. The molecule has 2 fully saturated rings. The number of ether oxygens (including phenoxy) is 1. The molecular formula is C32H40N8O3. The first kappa shape index (κ1) is 29.0. The number of rotatable bonds is 6. The third-order valence-corrected chi connectivity index (χ3v) is 8.49. The fraction of sp³-hybridized carbons (Fsp3) is 0.438. The van der Waals surface area contributed by atoms with Crippen molar-refractivity contribution in [3.05, 3.63) is 65.4 Å². The predicted octanol–water partition coefficient (Wildman–Crippen LogP) is 3.44. The largest absolute Gasteiger partial charge is 0.378 e. The van der Waals surface area contributed by atoms with Gasteiger partial charge in [0.1, 0.15) is 5.82 Å². The van der Waals surface area contributed by atoms with Crippen LogP contribution in [0.3, 0.4) is 0 Å². The molecule has 0 atom stereocenters. The molecule has 2 aromatic carbocycles. The summed E-state index contributed by atoms with van der Waals surface area (Å²) in [6.45, 7) is 6.21. The Morgan fingerprint density at radius 3 is 2.21 bits per heavy atom. The van der Waals surface area contributed by atoms with Gasteiger partial charge in [-0.25, -0.2) is 14.8 Å². The highest BCUT2D eigenvalue weighted by molar-refractivity contribution is 6.00. The first-order valence-corrected chi connectivity index (χ1v) is 15.1. The van der Waals surface area contributed by atoms with E-state index < -0.39 is 0 Å². The van der Waals surface area contributed by atoms with Crippen LogP contribution >= 0.6 is 0 Å². The highest BCUT2D eigenvalue weighted by Gasteiger charge is 2.25. The maximum Gasteiger partial charge on any atom is 0.323 e. The maximum absolute atomic E-state index is 12.9. The van der Waals surface area contributed by atoms with Crippen LogP contribution in [0.1, 0.15) is 34.5 Å². The molecule has 0 bridgehead atoms. The van der Waals surface area contributed by atoms with E-state index in [1.807, 2.05) is 29.2 Å². The van der Waals surface area contributed by atoms with E-state index in [1.54, 1.807) is 24.3 Å². The van der Waals surface area contributed by atoms with Gasteiger partial charge in [0.2, 0.25) is 0 Å². The Balaban J connectivity index is 1.07. The van der Waals surface area contributed by atoms with Gasteiger partial charge >= 0.3 is 6.03 Å². The highest BCUT2D eigenvalue weighted by atomic mass is 16.5. The van der Waals surface area contributed by atoms with Gasteiger partial charge in [0.25, 0.3) is 5.91 Å². The molecule has 2 saturated heterocycles. The van der Waals surface area contributed by atoms with Crippen LogP contribution in [0.2, 0.25) is 0 Å². The van der Waals surface area contributed by atoms with Crippen molar-refractivity contribution in [1.82, 2.24) is 25.1 Å². The molecule has 0 aliphatic carbocycles. The van der Waals surface area contributed by atoms with E-state index in [-0.39, 0.29) is 11.9 Å². The van der Waals surface area contributed by atoms with Crippen LogP contribution in [-0.4, -0.2) is 97.8 Å². The Bertz CT molecular complexity index is 1430. The minimum Gasteiger partial charge on any atom is -0.378 e. The van der Waals surface area contributed by atoms with Gasteiger partial charge in [-0.1, -0.05) is 0 Å². The fourth-order valence-corrected chi connectivity index (χ4v) is 5.95. The zero-order valence-electron chi connectivity index (χ0n) is 24.9. The predicted molar refractivity (Wildman–Crippen MR) is 168 cm³/mol. The number of anilines is 3. The Kier molecular flexibility index (Phi) is 8.82. The molecule has 11 nitrogen and oxygen atoms in total. The lowest BCUT2D eigenvalue weighted by molar-refractivity contribution is 0.0663. The summed E-state index contributed by atoms with van der Waals surface area (Å²) in [6.07, 6.45) is 2.83. The second-order valence-electron chi connectivity index (χ2n) is 11.5. The summed E-state index contributed by atoms with van der Waals surface area (Å²) in [5, 5.41) is 9.18. The van der Waals surface area contributed by atoms with Crippen molar-refractivity contribution in [2.75, 3.05) is 75.6 Å². The second-order valence-corrected chi connectivity index (χ2v) is 11.5. The molecule has 0 unspecified atom stereocenters. The minimum absolute atomic E-state index is 0.0323. The van der Waals surface area contributed by atoms with Crippen LogP contribution in [0, 0.1) is 0 Å². The summed E-state index contributed by atoms with van der Waals surface area (Å²) < 4.78 is 5.55. The van der Waals surface area contributed by atoms with Crippen LogP contribution in [0.25, 0.3) is 11.4 Å². The van der Waals surface area contributed by atoms with E-state index in [9.17, 15) is 9.59 Å². The Labute approximate surface area is 252 Å². The van der Waals surface area contributed by atoms with Crippen LogP contribution < -0.4 is 20.9 Å². The lowest BCUT2D eigenvalue weighted by atomic mass is 10.0. The summed E-state index contributed by atoms with van der Waals surface area (Å²) in [5.74, 6) is 1.71. The van der Waals surface area contributed by atoms with Gasteiger partial charge in [-0.3, -0.25) is 4.79 Å². The molecule has 11 heteroatoms. The summed E-state index contributed by atoms with van der Waals surface area (Å²) in [7, 11) is 4.18. The van der Waals surface area contributed by atoms with Crippen molar-refractivity contribution in [3.63, 3.8) is 0 Å². The SMILES string of the molecule is CN(C)C1CCN(C(=O)c2ccc(NC(=O)Nc3ccc(-c4nc5c(c(N6CCOCC6)n4)CNCC5)cc3)cc2)CC1. The molecular weight excluding hydrogens is 544 g/mol. The van der Waals surface area contributed by atoms with Crippen molar-refractivity contribution in [2.45, 2.75) is 31.8 Å². The van der Waals surface area contributed by atoms with Gasteiger partial charge in [-0.15, -0.1) is 0 Å². The molecule has 3 aromatic rings. The van der Waals surface area contributed by atoms with E-state index in [0.717, 1.165) is 75.6 Å². The van der Waals surface area contributed by atoms with Gasteiger partial charge in [-0.05, 0) is 75.5 Å². The summed E-state index contributed by atoms with van der Waals surface area (Å²) in [6, 6.07) is 14.8. The number of morpholine rings is 1. The molecule has 3 aliphatic rings. The average Bonchev–Trinajstić information content (AvgIpc) is 3.05. The Hall–Kier alpha value is -4.06. The Morgan fingerprint density at radius 1 is 0.907 bits per heavy atom. The number of nitrogens with one attached hydrogen (secondary N) is 3. The fourth-order valence-electron chi connectivity index (χ4n) is 5.95. The third-order valence-electron chi connectivity index (χ3n) is 8.49. The van der Waals surface area contributed by atoms with E-state index in [4.69, 9.17) is 14.7 Å². The van der Waals surface area contributed by atoms with Crippen LogP contribution in [-0.2, 0) is 17.7 Å². The molecule has 4 heterocycles. The number of nitrogens with zero attached hydrogens (tertiary/aromatic N) is 5. The van der Waals surface area contributed by atoms with Crippen molar-refractivity contribution in [3.8, 4) is 11.4 Å². The number of fused-ring (bicyclic) bond motifs is 1. The summed E-state index contributed by atoms with van der Waals surface area (Å²) in [5.41, 5.74) is 5.06. The van der Waals surface area contributed by atoms with E-state index in [2.05, 4.69) is 39.8 Å². The minimum atomic E-state index is -0.357. The topological polar surface area (TPSA) is 115 Å². The summed E-state index contributed by atoms with van der Waals surface area (Å²) in [4.78, 5) is 42.0. The number of hydrogen-bond acceptors (Lipinski definition) is 8. The number of hydrogen-bond donors (Lipinski definition) is 3. The number of carbonyl (C=O) groups excluding carboxylic acids is 2. The number of aromatic nitrogens is 2. The molecule has 226 valence electrons. The maximum atomic E-state index is 12.9. The molecule has 3 amide bonds. The van der Waals surface area contributed by atoms with Crippen molar-refractivity contribution >= 4 is 29.1 Å². The van der Waals surface area contributed by atoms with Gasteiger partial charge in [-0.2, -0.15) is 0 Å². The van der Waals surface area contributed by atoms with Gasteiger partial charge < -0.3 is 35.4 Å². The standard InChI is InChI=1S/C32H40N8O3/c1-38(2)26-12-15-40(16-13-26)31(41)23-5-9-25(10-6-23)35-32(42)34-24-7-3-22(4-8-24)29-36-28-11-14-33-21-27(28)30(37-29)39-17-19-43-20-18-39/h3-10,26,33H,11-21H2,1-2H3,(H2,34,35,42). The van der Waals surface area contributed by atoms with Gasteiger partial charge in [0.05, 0.1) is 18.9 Å². The zero-order valence-corrected chi connectivity index (χ0v) is 24.9. The van der Waals surface area contributed by atoms with Gasteiger partial charge in [0, 0.05) is 79.8 Å². The molecule has 3 N–H and O–H groups in total. The smallest absolute Gasteiger partial charge is 0.323 e. The highest BCUT2D eigenvalue weighted by Crippen LogP contribution is 2.29. The first-order chi connectivity index (χ1) is 20.9. The number of likely N-dealkylation sites (tertiary alicyclic amines) is 1. The van der Waals surface area contributed by atoms with Gasteiger partial charge in [0.15, 0.2) is 5.82 Å². The number of benzene rings is 2. The molecule has 43 heavy (non-hydrogen) atoms. The lowest BCUT2D eigenvalue weighted by Crippen LogP contribution is -2.44. The molecule has 0 radical (unpaired) electrons. The van der Waals surface area contributed by atoms with E-state index in [1.165, 1.54) is 5.56 Å². The molecule has 6 rings (SSSR count). The second kappa shape index (κ2) is 13.1. The van der Waals surface area contributed by atoms with Crippen molar-refractivity contribution in [1.29, 1.82) is 0 Å². The van der Waals surface area contributed by atoms with Crippen molar-refractivity contribution in [2.24, 2.45) is 0 Å². The Morgan fingerprint density at radius 2 is 1.56 bits per heavy atom. The molecule has 0 saturated carbocycles. The van der Waals surface area contributed by atoms with Crippen LogP contribution in [0.15, 0.2) is 48.5 Å². The van der Waals surface area contributed by atoms with Crippen LogP contribution in [0.5, 0.6) is 0 Å². The zero-order chi connectivity index (χ0) is 29.8. The normalized spacial score (nSPS) is 17.5. The number of carbonyl (C=O) groups is 2. The number of amides is 3. The molecule has 3 aliphatic heterocycles.